The molecule has 3 nitrogen and oxygen atoms in total. The molecule has 3 heteroatoms. The van der Waals surface area contributed by atoms with Gasteiger partial charge in [-0.3, -0.25) is 9.69 Å². The van der Waals surface area contributed by atoms with E-state index in [1.807, 2.05) is 25.1 Å². The van der Waals surface area contributed by atoms with Crippen LogP contribution in [0.3, 0.4) is 0 Å². The second kappa shape index (κ2) is 4.88. The number of nitrogens with zero attached hydrogens (tertiary/aromatic N) is 1. The molecule has 0 aliphatic carbocycles. The molecule has 92 valence electrons. The van der Waals surface area contributed by atoms with E-state index in [0.717, 1.165) is 13.0 Å². The van der Waals surface area contributed by atoms with E-state index < -0.39 is 5.97 Å². The lowest BCUT2D eigenvalue weighted by atomic mass is 10.0. The van der Waals surface area contributed by atoms with Crippen molar-refractivity contribution in [3.63, 3.8) is 0 Å². The molecule has 3 unspecified atom stereocenters. The molecular weight excluding hydrogens is 214 g/mol. The van der Waals surface area contributed by atoms with Gasteiger partial charge in [0.2, 0.25) is 0 Å². The van der Waals surface area contributed by atoms with Crippen LogP contribution in [0.1, 0.15) is 31.9 Å². The van der Waals surface area contributed by atoms with Gasteiger partial charge in [-0.2, -0.15) is 0 Å². The van der Waals surface area contributed by atoms with Crippen molar-refractivity contribution < 1.29 is 9.90 Å². The molecule has 0 bridgehead atoms. The highest BCUT2D eigenvalue weighted by atomic mass is 16.4. The Morgan fingerprint density at radius 3 is 2.65 bits per heavy atom. The summed E-state index contributed by atoms with van der Waals surface area (Å²) < 4.78 is 0. The number of rotatable bonds is 3. The Bertz CT molecular complexity index is 390. The van der Waals surface area contributed by atoms with E-state index in [1.165, 1.54) is 5.56 Å². The standard InChI is InChI=1S/C14H19NO2/c1-10-8-9-15(13(10)14(16)17)11(2)12-6-4-3-5-7-12/h3-7,10-11,13H,8-9H2,1-2H3,(H,16,17). The summed E-state index contributed by atoms with van der Waals surface area (Å²) in [5, 5.41) is 9.31. The lowest BCUT2D eigenvalue weighted by molar-refractivity contribution is -0.144. The number of aliphatic carboxylic acids is 1. The van der Waals surface area contributed by atoms with E-state index in [2.05, 4.69) is 24.0 Å². The first-order valence-corrected chi connectivity index (χ1v) is 6.14. The largest absolute Gasteiger partial charge is 0.480 e. The van der Waals surface area contributed by atoms with Crippen LogP contribution >= 0.6 is 0 Å². The molecule has 2 rings (SSSR count). The van der Waals surface area contributed by atoms with Crippen LogP contribution in [-0.4, -0.2) is 28.6 Å². The predicted octanol–water partition coefficient (Wildman–Crippen LogP) is 2.54. The van der Waals surface area contributed by atoms with E-state index >= 15 is 0 Å². The van der Waals surface area contributed by atoms with E-state index in [9.17, 15) is 9.90 Å². The molecule has 1 saturated heterocycles. The fraction of sp³-hybridized carbons (Fsp3) is 0.500. The minimum absolute atomic E-state index is 0.169. The summed E-state index contributed by atoms with van der Waals surface area (Å²) >= 11 is 0. The highest BCUT2D eigenvalue weighted by molar-refractivity contribution is 5.74. The van der Waals surface area contributed by atoms with Gasteiger partial charge in [-0.15, -0.1) is 0 Å². The molecule has 17 heavy (non-hydrogen) atoms. The average Bonchev–Trinajstić information content (AvgIpc) is 2.71. The predicted molar refractivity (Wildman–Crippen MR) is 66.8 cm³/mol. The maximum Gasteiger partial charge on any atom is 0.321 e. The highest BCUT2D eigenvalue weighted by Crippen LogP contribution is 2.32. The first-order valence-electron chi connectivity index (χ1n) is 6.14. The van der Waals surface area contributed by atoms with Crippen molar-refractivity contribution >= 4 is 5.97 Å². The monoisotopic (exact) mass is 233 g/mol. The first kappa shape index (κ1) is 12.1. The zero-order chi connectivity index (χ0) is 12.4. The number of hydrogen-bond donors (Lipinski definition) is 1. The van der Waals surface area contributed by atoms with Crippen LogP contribution in [0.4, 0.5) is 0 Å². The lowest BCUT2D eigenvalue weighted by Gasteiger charge is -2.29. The summed E-state index contributed by atoms with van der Waals surface area (Å²) in [6, 6.07) is 9.94. The van der Waals surface area contributed by atoms with Gasteiger partial charge in [-0.25, -0.2) is 0 Å². The van der Waals surface area contributed by atoms with E-state index in [-0.39, 0.29) is 18.0 Å². The van der Waals surface area contributed by atoms with Crippen molar-refractivity contribution in [1.82, 2.24) is 4.90 Å². The van der Waals surface area contributed by atoms with Crippen molar-refractivity contribution in [2.24, 2.45) is 5.92 Å². The van der Waals surface area contributed by atoms with E-state index in [0.29, 0.717) is 0 Å². The molecule has 1 fully saturated rings. The van der Waals surface area contributed by atoms with Crippen LogP contribution in [0.2, 0.25) is 0 Å². The second-order valence-electron chi connectivity index (χ2n) is 4.87. The molecule has 0 aromatic heterocycles. The minimum atomic E-state index is -0.696. The normalized spacial score (nSPS) is 26.9. The Balaban J connectivity index is 2.20. The van der Waals surface area contributed by atoms with Gasteiger partial charge in [0.15, 0.2) is 0 Å². The molecule has 1 aliphatic rings. The van der Waals surface area contributed by atoms with Gasteiger partial charge in [0.1, 0.15) is 6.04 Å². The molecule has 1 N–H and O–H groups in total. The first-order chi connectivity index (χ1) is 8.11. The Hall–Kier alpha value is -1.35. The molecule has 0 spiro atoms. The summed E-state index contributed by atoms with van der Waals surface area (Å²) in [6.45, 7) is 4.98. The van der Waals surface area contributed by atoms with Crippen molar-refractivity contribution in [2.45, 2.75) is 32.4 Å². The smallest absolute Gasteiger partial charge is 0.321 e. The Morgan fingerprint density at radius 1 is 1.41 bits per heavy atom. The van der Waals surface area contributed by atoms with Crippen LogP contribution < -0.4 is 0 Å². The summed E-state index contributed by atoms with van der Waals surface area (Å²) in [6.07, 6.45) is 0.966. The molecule has 1 aromatic rings. The Kier molecular flexibility index (Phi) is 3.48. The molecule has 1 aromatic carbocycles. The number of likely N-dealkylation sites (tertiary alicyclic amines) is 1. The molecular formula is C14H19NO2. The number of benzene rings is 1. The van der Waals surface area contributed by atoms with Gasteiger partial charge in [0.05, 0.1) is 0 Å². The summed E-state index contributed by atoms with van der Waals surface area (Å²) in [5.74, 6) is -0.462. The van der Waals surface area contributed by atoms with Crippen molar-refractivity contribution in [3.05, 3.63) is 35.9 Å². The number of carboxylic acid groups (broad SMARTS) is 1. The summed E-state index contributed by atoms with van der Waals surface area (Å²) in [5.41, 5.74) is 1.19. The van der Waals surface area contributed by atoms with Crippen LogP contribution in [0, 0.1) is 5.92 Å². The number of carboxylic acids is 1. The summed E-state index contributed by atoms with van der Waals surface area (Å²) in [4.78, 5) is 13.4. The van der Waals surface area contributed by atoms with Crippen molar-refractivity contribution in [1.29, 1.82) is 0 Å². The summed E-state index contributed by atoms with van der Waals surface area (Å²) in [7, 11) is 0. The minimum Gasteiger partial charge on any atom is -0.480 e. The number of hydrogen-bond acceptors (Lipinski definition) is 2. The van der Waals surface area contributed by atoms with Crippen LogP contribution in [0.15, 0.2) is 30.3 Å². The average molecular weight is 233 g/mol. The van der Waals surface area contributed by atoms with Crippen molar-refractivity contribution in [3.8, 4) is 0 Å². The third-order valence-corrected chi connectivity index (χ3v) is 3.77. The fourth-order valence-corrected chi connectivity index (χ4v) is 2.72. The van der Waals surface area contributed by atoms with E-state index in [1.54, 1.807) is 0 Å². The highest BCUT2D eigenvalue weighted by Gasteiger charge is 2.39. The van der Waals surface area contributed by atoms with Crippen LogP contribution in [0.25, 0.3) is 0 Å². The molecule has 1 heterocycles. The SMILES string of the molecule is CC1CCN(C(C)c2ccccc2)C1C(=O)O. The van der Waals surface area contributed by atoms with Gasteiger partial charge in [-0.1, -0.05) is 37.3 Å². The number of carbonyl (C=O) groups is 1. The van der Waals surface area contributed by atoms with Crippen LogP contribution in [-0.2, 0) is 4.79 Å². The van der Waals surface area contributed by atoms with Gasteiger partial charge in [-0.05, 0) is 31.4 Å². The second-order valence-corrected chi connectivity index (χ2v) is 4.87. The molecule has 1 aliphatic heterocycles. The topological polar surface area (TPSA) is 40.5 Å². The zero-order valence-corrected chi connectivity index (χ0v) is 10.3. The molecule has 0 radical (unpaired) electrons. The van der Waals surface area contributed by atoms with E-state index in [4.69, 9.17) is 0 Å². The van der Waals surface area contributed by atoms with Gasteiger partial charge in [0.25, 0.3) is 0 Å². The maximum atomic E-state index is 11.3. The zero-order valence-electron chi connectivity index (χ0n) is 10.3. The molecule has 0 saturated carbocycles. The third-order valence-electron chi connectivity index (χ3n) is 3.77. The molecule has 3 atom stereocenters. The molecule has 0 amide bonds. The lowest BCUT2D eigenvalue weighted by Crippen LogP contribution is -2.40. The van der Waals surface area contributed by atoms with Crippen LogP contribution in [0.5, 0.6) is 0 Å². The van der Waals surface area contributed by atoms with Gasteiger partial charge >= 0.3 is 5.97 Å². The maximum absolute atomic E-state index is 11.3. The van der Waals surface area contributed by atoms with Gasteiger partial charge in [0, 0.05) is 6.04 Å². The quantitative estimate of drug-likeness (QED) is 0.872. The third kappa shape index (κ3) is 2.34. The van der Waals surface area contributed by atoms with Gasteiger partial charge < -0.3 is 5.11 Å². The Labute approximate surface area is 102 Å². The van der Waals surface area contributed by atoms with Crippen molar-refractivity contribution in [2.75, 3.05) is 6.54 Å². The fourth-order valence-electron chi connectivity index (χ4n) is 2.72. The Morgan fingerprint density at radius 2 is 2.06 bits per heavy atom.